The molecule has 2 aliphatic heterocycles. The molecule has 0 aromatic carbocycles. The first-order valence-electron chi connectivity index (χ1n) is 14.3. The van der Waals surface area contributed by atoms with Crippen LogP contribution in [0.25, 0.3) is 11.4 Å². The van der Waals surface area contributed by atoms with Crippen LogP contribution in [-0.4, -0.2) is 124 Å². The zero-order valence-electron chi connectivity index (χ0n) is 24.8. The lowest BCUT2D eigenvalue weighted by molar-refractivity contribution is -0.133. The van der Waals surface area contributed by atoms with E-state index in [0.29, 0.717) is 58.7 Å². The molecular weight excluding hydrogens is 578 g/mol. The zero-order valence-corrected chi connectivity index (χ0v) is 24.8. The number of anilines is 3. The molecule has 17 heteroatoms. The Labute approximate surface area is 253 Å². The normalized spacial score (nSPS) is 16.3. The summed E-state index contributed by atoms with van der Waals surface area (Å²) in [6.45, 7) is 3.43. The Morgan fingerprint density at radius 3 is 2.36 bits per heavy atom. The fourth-order valence-corrected chi connectivity index (χ4v) is 4.97. The van der Waals surface area contributed by atoms with Crippen molar-refractivity contribution in [3.05, 3.63) is 24.0 Å². The van der Waals surface area contributed by atoms with Crippen LogP contribution >= 0.6 is 0 Å². The quantitative estimate of drug-likeness (QED) is 0.302. The maximum absolute atomic E-state index is 13.6. The number of likely N-dealkylation sites (tertiary alicyclic amines) is 1. The van der Waals surface area contributed by atoms with Crippen molar-refractivity contribution in [1.82, 2.24) is 44.9 Å². The molecule has 0 radical (unpaired) electrons. The number of nitrogens with zero attached hydrogens (tertiary/aromatic N) is 9. The van der Waals surface area contributed by atoms with Gasteiger partial charge in [0.2, 0.25) is 35.6 Å². The number of hydrogen-bond donors (Lipinski definition) is 3. The minimum absolute atomic E-state index is 0.0481. The summed E-state index contributed by atoms with van der Waals surface area (Å²) in [5.74, 6) is -0.845. The number of piperazine rings is 1. The van der Waals surface area contributed by atoms with E-state index in [1.807, 2.05) is 25.1 Å². The number of likely N-dealkylation sites (N-methyl/N-ethyl adjacent to an activating group) is 1. The highest BCUT2D eigenvalue weighted by molar-refractivity contribution is 5.88. The molecule has 2 aromatic rings. The molecule has 0 unspecified atom stereocenters. The molecular formula is C27H38F2N12O3. The molecule has 0 atom stereocenters. The van der Waals surface area contributed by atoms with E-state index in [1.54, 1.807) is 20.8 Å². The maximum Gasteiger partial charge on any atom is 0.281 e. The van der Waals surface area contributed by atoms with Gasteiger partial charge < -0.3 is 36.4 Å². The number of nitrogens with two attached hydrogens (primary N) is 2. The number of rotatable bonds is 10. The molecule has 2 aromatic heterocycles. The van der Waals surface area contributed by atoms with Crippen LogP contribution in [0, 0.1) is 5.92 Å². The summed E-state index contributed by atoms with van der Waals surface area (Å²) in [4.78, 5) is 64.8. The smallest absolute Gasteiger partial charge is 0.281 e. The fourth-order valence-electron chi connectivity index (χ4n) is 4.97. The molecule has 15 nitrogen and oxygen atoms in total. The average Bonchev–Trinajstić information content (AvgIpc) is 3.00. The van der Waals surface area contributed by atoms with Crippen LogP contribution < -0.4 is 21.7 Å². The van der Waals surface area contributed by atoms with Crippen molar-refractivity contribution in [2.45, 2.75) is 25.7 Å². The molecule has 4 rings (SSSR count). The number of nitrogen functional groups attached to an aromatic ring is 2. The van der Waals surface area contributed by atoms with E-state index < -0.39 is 12.1 Å². The topological polar surface area (TPSA) is 193 Å². The summed E-state index contributed by atoms with van der Waals surface area (Å²) in [5, 5.41) is 2.86. The number of amides is 3. The largest absolute Gasteiger partial charge is 0.368 e. The van der Waals surface area contributed by atoms with Crippen molar-refractivity contribution in [2.24, 2.45) is 5.92 Å². The van der Waals surface area contributed by atoms with Crippen molar-refractivity contribution in [2.75, 3.05) is 82.8 Å². The summed E-state index contributed by atoms with van der Waals surface area (Å²) >= 11 is 0. The second-order valence-electron chi connectivity index (χ2n) is 10.8. The number of nitrogens with one attached hydrogen (secondary N) is 1. The monoisotopic (exact) mass is 616 g/mol. The summed E-state index contributed by atoms with van der Waals surface area (Å²) in [5.41, 5.74) is 10.6. The van der Waals surface area contributed by atoms with Crippen LogP contribution in [0.4, 0.5) is 26.6 Å². The Morgan fingerprint density at radius 2 is 1.70 bits per heavy atom. The Balaban J connectivity index is 1.22. The summed E-state index contributed by atoms with van der Waals surface area (Å²) in [6, 6.07) is 0. The summed E-state index contributed by atoms with van der Waals surface area (Å²) < 4.78 is 27.1. The van der Waals surface area contributed by atoms with Crippen molar-refractivity contribution >= 4 is 35.6 Å². The fraction of sp³-hybridized carbons (Fsp3) is 0.556. The lowest BCUT2D eigenvalue weighted by atomic mass is 9.96. The van der Waals surface area contributed by atoms with Crippen molar-refractivity contribution in [1.29, 1.82) is 0 Å². The molecule has 44 heavy (non-hydrogen) atoms. The number of carbonyl (C=O) groups is 3. The van der Waals surface area contributed by atoms with Crippen molar-refractivity contribution in [3.8, 4) is 11.4 Å². The summed E-state index contributed by atoms with van der Waals surface area (Å²) in [7, 11) is 3.85. The van der Waals surface area contributed by atoms with Crippen molar-refractivity contribution in [3.63, 3.8) is 0 Å². The second kappa shape index (κ2) is 14.8. The molecule has 2 fully saturated rings. The van der Waals surface area contributed by atoms with E-state index in [-0.39, 0.29) is 65.8 Å². The first-order chi connectivity index (χ1) is 21.0. The van der Waals surface area contributed by atoms with Crippen LogP contribution in [0.3, 0.4) is 0 Å². The Morgan fingerprint density at radius 1 is 1.00 bits per heavy atom. The summed E-state index contributed by atoms with van der Waals surface area (Å²) in [6.07, 6.45) is 2.89. The van der Waals surface area contributed by atoms with Gasteiger partial charge in [-0.3, -0.25) is 14.4 Å². The van der Waals surface area contributed by atoms with Gasteiger partial charge in [0.1, 0.15) is 5.69 Å². The third kappa shape index (κ3) is 8.52. The van der Waals surface area contributed by atoms with Gasteiger partial charge in [-0.15, -0.1) is 0 Å². The Bertz CT molecular complexity index is 1360. The SMILES string of the molecule is CN(C)C/C=C/C(=O)N1CCC(C(=O)NCCC(=O)N2CCN(c3nc(N)nc(-c4cnc(N)nc4C(F)F)n3)CC2)CC1. The van der Waals surface area contributed by atoms with E-state index in [0.717, 1.165) is 6.20 Å². The van der Waals surface area contributed by atoms with Gasteiger partial charge in [0.25, 0.3) is 6.43 Å². The third-order valence-corrected chi connectivity index (χ3v) is 7.39. The number of piperidine rings is 1. The number of halogens is 2. The predicted molar refractivity (Wildman–Crippen MR) is 158 cm³/mol. The molecule has 0 saturated carbocycles. The molecule has 4 heterocycles. The highest BCUT2D eigenvalue weighted by Crippen LogP contribution is 2.28. The minimum Gasteiger partial charge on any atom is -0.368 e. The van der Waals surface area contributed by atoms with E-state index in [1.165, 1.54) is 0 Å². The molecule has 0 spiro atoms. The van der Waals surface area contributed by atoms with E-state index in [2.05, 4.69) is 30.2 Å². The maximum atomic E-state index is 13.6. The number of hydrogen-bond acceptors (Lipinski definition) is 12. The molecule has 2 aliphatic rings. The Kier molecular flexibility index (Phi) is 10.9. The van der Waals surface area contributed by atoms with Gasteiger partial charge in [-0.05, 0) is 26.9 Å². The second-order valence-corrected chi connectivity index (χ2v) is 10.8. The number of carbonyl (C=O) groups excluding carboxylic acids is 3. The van der Waals surface area contributed by atoms with Crippen LogP contribution in [0.5, 0.6) is 0 Å². The number of alkyl halides is 2. The molecule has 238 valence electrons. The van der Waals surface area contributed by atoms with Crippen molar-refractivity contribution < 1.29 is 23.2 Å². The van der Waals surface area contributed by atoms with E-state index >= 15 is 0 Å². The molecule has 3 amide bonds. The van der Waals surface area contributed by atoms with Gasteiger partial charge in [-0.25, -0.2) is 18.7 Å². The van der Waals surface area contributed by atoms with Gasteiger partial charge in [-0.2, -0.15) is 15.0 Å². The van der Waals surface area contributed by atoms with Crippen LogP contribution in [0.2, 0.25) is 0 Å². The zero-order chi connectivity index (χ0) is 31.8. The first kappa shape index (κ1) is 32.4. The minimum atomic E-state index is -2.93. The lowest BCUT2D eigenvalue weighted by Crippen LogP contribution is -2.50. The van der Waals surface area contributed by atoms with Crippen LogP contribution in [0.15, 0.2) is 18.3 Å². The average molecular weight is 617 g/mol. The van der Waals surface area contributed by atoms with E-state index in [4.69, 9.17) is 11.5 Å². The highest BCUT2D eigenvalue weighted by Gasteiger charge is 2.28. The standard InChI is InChI=1S/C27H38F2N12O3/c1-38(2)9-3-4-19(42)39-10-6-17(7-11-39)24(44)32-8-5-20(43)40-12-14-41(15-13-40)27-36-23(35-26(31)37-27)18-16-33-25(30)34-21(18)22(28)29/h3-4,16-17,22H,5-15H2,1-2H3,(H,32,44)(H2,30,33,34)(H2,31,35,36,37)/b4-3+. The van der Waals surface area contributed by atoms with Gasteiger partial charge >= 0.3 is 0 Å². The Hall–Kier alpha value is -4.54. The number of aromatic nitrogens is 5. The van der Waals surface area contributed by atoms with Crippen LogP contribution in [-0.2, 0) is 14.4 Å². The van der Waals surface area contributed by atoms with Gasteiger partial charge in [-0.1, -0.05) is 6.08 Å². The highest BCUT2D eigenvalue weighted by atomic mass is 19.3. The molecule has 5 N–H and O–H groups in total. The third-order valence-electron chi connectivity index (χ3n) is 7.39. The van der Waals surface area contributed by atoms with Gasteiger partial charge in [0.05, 0.1) is 5.56 Å². The van der Waals surface area contributed by atoms with Gasteiger partial charge in [0, 0.05) is 77.0 Å². The molecule has 0 aliphatic carbocycles. The predicted octanol–water partition coefficient (Wildman–Crippen LogP) is -0.0581. The lowest BCUT2D eigenvalue weighted by Gasteiger charge is -2.35. The van der Waals surface area contributed by atoms with Gasteiger partial charge in [0.15, 0.2) is 5.82 Å². The first-order valence-corrected chi connectivity index (χ1v) is 14.3. The molecule has 0 bridgehead atoms. The van der Waals surface area contributed by atoms with Crippen LogP contribution in [0.1, 0.15) is 31.4 Å². The van der Waals surface area contributed by atoms with E-state index in [9.17, 15) is 23.2 Å². The molecule has 2 saturated heterocycles.